The fourth-order valence-corrected chi connectivity index (χ4v) is 6.04. The average Bonchev–Trinajstić information content (AvgIpc) is 3.36. The van der Waals surface area contributed by atoms with Gasteiger partial charge in [-0.15, -0.1) is 0 Å². The Morgan fingerprint density at radius 3 is 2.29 bits per heavy atom. The van der Waals surface area contributed by atoms with E-state index in [4.69, 9.17) is 14.6 Å². The van der Waals surface area contributed by atoms with Crippen molar-refractivity contribution in [3.8, 4) is 17.2 Å². The first-order valence-electron chi connectivity index (χ1n) is 12.7. The van der Waals surface area contributed by atoms with Gasteiger partial charge in [0.05, 0.1) is 6.61 Å². The summed E-state index contributed by atoms with van der Waals surface area (Å²) in [5, 5.41) is 13.7. The Hall–Kier alpha value is -3.96. The van der Waals surface area contributed by atoms with E-state index < -0.39 is 30.0 Å². The molecule has 4 aliphatic heterocycles. The summed E-state index contributed by atoms with van der Waals surface area (Å²) in [7, 11) is 0. The number of imide groups is 2. The van der Waals surface area contributed by atoms with E-state index in [0.29, 0.717) is 62.7 Å². The number of nitrogens with one attached hydrogen (secondary N) is 2. The predicted octanol–water partition coefficient (Wildman–Crippen LogP) is 0.892. The first-order chi connectivity index (χ1) is 18.3. The molecule has 3 fully saturated rings. The first-order valence-corrected chi connectivity index (χ1v) is 12.7. The fourth-order valence-electron chi connectivity index (χ4n) is 6.04. The Labute approximate surface area is 218 Å². The second kappa shape index (κ2) is 9.10. The third-order valence-electron chi connectivity index (χ3n) is 8.13. The van der Waals surface area contributed by atoms with Crippen molar-refractivity contribution in [2.45, 2.75) is 24.8 Å². The summed E-state index contributed by atoms with van der Waals surface area (Å²) < 4.78 is 11.6. The minimum atomic E-state index is -1.72. The lowest BCUT2D eigenvalue weighted by Gasteiger charge is -2.56. The first kappa shape index (κ1) is 24.4. The highest BCUT2D eigenvalue weighted by Gasteiger charge is 2.58. The maximum Gasteiger partial charge on any atom is 0.328 e. The highest BCUT2D eigenvalue weighted by atomic mass is 16.5. The molecule has 198 valence electrons. The zero-order chi connectivity index (χ0) is 26.5. The molecular formula is C27H28N4O7. The molecule has 0 unspecified atom stereocenters. The molecule has 1 spiro atoms. The van der Waals surface area contributed by atoms with Crippen LogP contribution in [0.1, 0.15) is 24.0 Å². The molecule has 2 aromatic rings. The summed E-state index contributed by atoms with van der Waals surface area (Å²) in [6.45, 7) is 2.07. The predicted molar refractivity (Wildman–Crippen MR) is 132 cm³/mol. The molecule has 0 atom stereocenters. The number of aliphatic hydroxyl groups excluding tert-OH is 1. The largest absolute Gasteiger partial charge is 0.493 e. The number of urea groups is 1. The van der Waals surface area contributed by atoms with Crippen molar-refractivity contribution in [2.75, 3.05) is 39.4 Å². The lowest BCUT2D eigenvalue weighted by molar-refractivity contribution is -0.157. The number of carbonyl (C=O) groups excluding carboxylic acids is 4. The zero-order valence-corrected chi connectivity index (χ0v) is 20.7. The minimum absolute atomic E-state index is 0.1000. The molecule has 6 rings (SSSR count). The second-order valence-corrected chi connectivity index (χ2v) is 10.3. The van der Waals surface area contributed by atoms with Gasteiger partial charge in [-0.05, 0) is 42.2 Å². The number of benzene rings is 2. The van der Waals surface area contributed by atoms with E-state index in [1.807, 2.05) is 18.2 Å². The Bertz CT molecular complexity index is 1290. The van der Waals surface area contributed by atoms with E-state index in [9.17, 15) is 19.2 Å². The Kier molecular flexibility index (Phi) is 5.84. The topological polar surface area (TPSA) is 138 Å². The maximum absolute atomic E-state index is 13.4. The molecule has 0 bridgehead atoms. The van der Waals surface area contributed by atoms with E-state index in [1.165, 1.54) is 0 Å². The molecule has 3 N–H and O–H groups in total. The highest BCUT2D eigenvalue weighted by molar-refractivity contribution is 6.22. The number of barbiturate groups is 1. The molecule has 5 amide bonds. The number of carbonyl (C=O) groups is 4. The lowest BCUT2D eigenvalue weighted by Crippen LogP contribution is -2.73. The summed E-state index contributed by atoms with van der Waals surface area (Å²) in [5.41, 5.74) is -0.264. The van der Waals surface area contributed by atoms with Crippen LogP contribution in [0.5, 0.6) is 17.2 Å². The number of likely N-dealkylation sites (tertiary alicyclic amines) is 2. The third-order valence-corrected chi connectivity index (χ3v) is 8.13. The van der Waals surface area contributed by atoms with E-state index in [1.54, 1.807) is 34.1 Å². The standard InChI is InChI=1S/C27H28N4O7/c32-14-22(33)30-15-26(16-30)8-10-31(11-9-26)27(23(34)28-25(36)29-24(27)35)18-2-5-19(6-3-18)38-20-4-1-17-7-12-37-21(17)13-20/h1-6,13,32H,7-12,14-16H2,(H2,28,29,34,35,36). The van der Waals surface area contributed by atoms with Gasteiger partial charge in [0.1, 0.15) is 23.9 Å². The van der Waals surface area contributed by atoms with Crippen LogP contribution >= 0.6 is 0 Å². The van der Waals surface area contributed by atoms with Gasteiger partial charge in [-0.2, -0.15) is 0 Å². The second-order valence-electron chi connectivity index (χ2n) is 10.3. The van der Waals surface area contributed by atoms with Crippen molar-refractivity contribution in [2.24, 2.45) is 5.41 Å². The minimum Gasteiger partial charge on any atom is -0.493 e. The number of ether oxygens (including phenoxy) is 2. The summed E-state index contributed by atoms with van der Waals surface area (Å²) in [4.78, 5) is 53.9. The van der Waals surface area contributed by atoms with Crippen molar-refractivity contribution in [1.29, 1.82) is 0 Å². The van der Waals surface area contributed by atoms with Gasteiger partial charge in [-0.1, -0.05) is 18.2 Å². The summed E-state index contributed by atoms with van der Waals surface area (Å²) >= 11 is 0. The van der Waals surface area contributed by atoms with Gasteiger partial charge in [-0.25, -0.2) is 4.79 Å². The molecule has 0 aromatic heterocycles. The number of fused-ring (bicyclic) bond motifs is 1. The van der Waals surface area contributed by atoms with Crippen LogP contribution in [-0.4, -0.2) is 78.1 Å². The summed E-state index contributed by atoms with van der Waals surface area (Å²) in [6.07, 6.45) is 2.20. The Morgan fingerprint density at radius 2 is 1.63 bits per heavy atom. The molecule has 2 aromatic carbocycles. The highest BCUT2D eigenvalue weighted by Crippen LogP contribution is 2.44. The summed E-state index contributed by atoms with van der Waals surface area (Å²) in [5.74, 6) is 0.248. The lowest BCUT2D eigenvalue weighted by atomic mass is 9.70. The van der Waals surface area contributed by atoms with E-state index >= 15 is 0 Å². The van der Waals surface area contributed by atoms with Crippen molar-refractivity contribution < 1.29 is 33.8 Å². The van der Waals surface area contributed by atoms with Crippen LogP contribution in [0.2, 0.25) is 0 Å². The van der Waals surface area contributed by atoms with Gasteiger partial charge in [-0.3, -0.25) is 29.9 Å². The van der Waals surface area contributed by atoms with Gasteiger partial charge < -0.3 is 19.5 Å². The van der Waals surface area contributed by atoms with Crippen LogP contribution in [0.15, 0.2) is 42.5 Å². The number of hydrogen-bond donors (Lipinski definition) is 3. The average molecular weight is 521 g/mol. The molecule has 11 heteroatoms. The molecule has 0 saturated carbocycles. The smallest absolute Gasteiger partial charge is 0.328 e. The van der Waals surface area contributed by atoms with Crippen LogP contribution in [0.3, 0.4) is 0 Å². The van der Waals surface area contributed by atoms with Crippen molar-refractivity contribution in [1.82, 2.24) is 20.4 Å². The Morgan fingerprint density at radius 1 is 0.974 bits per heavy atom. The van der Waals surface area contributed by atoms with Crippen molar-refractivity contribution in [3.63, 3.8) is 0 Å². The number of amides is 5. The van der Waals surface area contributed by atoms with E-state index in [2.05, 4.69) is 10.6 Å². The van der Waals surface area contributed by atoms with Gasteiger partial charge in [0.25, 0.3) is 11.8 Å². The van der Waals surface area contributed by atoms with E-state index in [0.717, 1.165) is 17.7 Å². The van der Waals surface area contributed by atoms with Crippen LogP contribution < -0.4 is 20.1 Å². The normalized spacial score (nSPS) is 21.7. The maximum atomic E-state index is 13.4. The number of aliphatic hydroxyl groups is 1. The Balaban J connectivity index is 1.24. The zero-order valence-electron chi connectivity index (χ0n) is 20.7. The van der Waals surface area contributed by atoms with Crippen molar-refractivity contribution in [3.05, 3.63) is 53.6 Å². The molecule has 3 saturated heterocycles. The molecule has 0 radical (unpaired) electrons. The van der Waals surface area contributed by atoms with Crippen LogP contribution in [0.25, 0.3) is 0 Å². The number of nitrogens with zero attached hydrogens (tertiary/aromatic N) is 2. The monoisotopic (exact) mass is 520 g/mol. The van der Waals surface area contributed by atoms with Gasteiger partial charge in [0.15, 0.2) is 0 Å². The molecular weight excluding hydrogens is 492 g/mol. The summed E-state index contributed by atoms with van der Waals surface area (Å²) in [6, 6.07) is 11.6. The van der Waals surface area contributed by atoms with Gasteiger partial charge >= 0.3 is 6.03 Å². The molecule has 0 aliphatic carbocycles. The molecule has 4 aliphatic rings. The molecule has 38 heavy (non-hydrogen) atoms. The van der Waals surface area contributed by atoms with Crippen molar-refractivity contribution >= 4 is 23.8 Å². The third kappa shape index (κ3) is 3.89. The quantitative estimate of drug-likeness (QED) is 0.495. The van der Waals surface area contributed by atoms with Crippen LogP contribution in [-0.2, 0) is 26.3 Å². The SMILES string of the molecule is O=C1NC(=O)C(c2ccc(Oc3ccc4c(c3)OCC4)cc2)(N2CCC3(CC2)CN(C(=O)CO)C3)C(=O)N1. The number of piperidine rings is 1. The molecule has 11 nitrogen and oxygen atoms in total. The van der Waals surface area contributed by atoms with Crippen LogP contribution in [0.4, 0.5) is 4.79 Å². The molecule has 4 heterocycles. The number of hydrogen-bond acceptors (Lipinski definition) is 8. The van der Waals surface area contributed by atoms with E-state index in [-0.39, 0.29) is 11.3 Å². The number of rotatable bonds is 5. The van der Waals surface area contributed by atoms with Crippen LogP contribution in [0, 0.1) is 5.41 Å². The van der Waals surface area contributed by atoms with Gasteiger partial charge in [0, 0.05) is 44.1 Å². The fraction of sp³-hybridized carbons (Fsp3) is 0.407. The van der Waals surface area contributed by atoms with Gasteiger partial charge in [0.2, 0.25) is 11.4 Å².